The number of aryl methyl sites for hydroxylation is 1. The second kappa shape index (κ2) is 7.91. The number of halogens is 2. The van der Waals surface area contributed by atoms with Crippen molar-refractivity contribution in [2.24, 2.45) is 5.10 Å². The van der Waals surface area contributed by atoms with E-state index in [4.69, 9.17) is 0 Å². The molecule has 138 valence electrons. The molecule has 0 spiro atoms. The molecule has 0 fully saturated rings. The van der Waals surface area contributed by atoms with Gasteiger partial charge in [-0.25, -0.2) is 9.82 Å². The smallest absolute Gasteiger partial charge is 0.271 e. The molecule has 5 nitrogen and oxygen atoms in total. The minimum Gasteiger partial charge on any atom is -0.507 e. The highest BCUT2D eigenvalue weighted by Gasteiger charge is 2.10. The Bertz CT molecular complexity index is 1030. The van der Waals surface area contributed by atoms with Crippen LogP contribution >= 0.6 is 22.6 Å². The molecule has 0 saturated heterocycles. The van der Waals surface area contributed by atoms with E-state index >= 15 is 0 Å². The van der Waals surface area contributed by atoms with Gasteiger partial charge in [-0.3, -0.25) is 4.79 Å². The molecule has 3 rings (SSSR count). The molecule has 0 unspecified atom stereocenters. The molecule has 0 aliphatic heterocycles. The topological polar surface area (TPSA) is 66.6 Å². The molecule has 7 heteroatoms. The van der Waals surface area contributed by atoms with Crippen LogP contribution in [0.3, 0.4) is 0 Å². The lowest BCUT2D eigenvalue weighted by Crippen LogP contribution is -2.17. The summed E-state index contributed by atoms with van der Waals surface area (Å²) in [6.07, 6.45) is 1.56. The number of phenols is 1. The van der Waals surface area contributed by atoms with Gasteiger partial charge in [0.2, 0.25) is 0 Å². The zero-order chi connectivity index (χ0) is 19.6. The average molecular weight is 477 g/mol. The van der Waals surface area contributed by atoms with Crippen LogP contribution in [0.2, 0.25) is 0 Å². The lowest BCUT2D eigenvalue weighted by molar-refractivity contribution is 0.0954. The summed E-state index contributed by atoms with van der Waals surface area (Å²) >= 11 is 1.98. The Morgan fingerprint density at radius 3 is 2.56 bits per heavy atom. The Labute approximate surface area is 169 Å². The van der Waals surface area contributed by atoms with Crippen molar-refractivity contribution in [1.82, 2.24) is 9.99 Å². The van der Waals surface area contributed by atoms with Gasteiger partial charge in [-0.15, -0.1) is 0 Å². The summed E-state index contributed by atoms with van der Waals surface area (Å²) in [6.45, 7) is 3.87. The normalized spacial score (nSPS) is 11.1. The molecule has 0 atom stereocenters. The van der Waals surface area contributed by atoms with Gasteiger partial charge in [-0.2, -0.15) is 5.10 Å². The van der Waals surface area contributed by atoms with E-state index in [0.717, 1.165) is 22.6 Å². The van der Waals surface area contributed by atoms with Gasteiger partial charge in [0.05, 0.1) is 9.78 Å². The van der Waals surface area contributed by atoms with Crippen LogP contribution in [-0.4, -0.2) is 21.8 Å². The molecule has 27 heavy (non-hydrogen) atoms. The first kappa shape index (κ1) is 19.1. The van der Waals surface area contributed by atoms with Crippen LogP contribution in [0.25, 0.3) is 5.69 Å². The number of aromatic nitrogens is 1. The lowest BCUT2D eigenvalue weighted by Gasteiger charge is -2.09. The van der Waals surface area contributed by atoms with E-state index in [2.05, 4.69) is 10.5 Å². The zero-order valence-electron chi connectivity index (χ0n) is 14.7. The summed E-state index contributed by atoms with van der Waals surface area (Å²) in [5.41, 5.74) is 6.35. The van der Waals surface area contributed by atoms with E-state index in [0.29, 0.717) is 9.13 Å². The third-order valence-corrected chi connectivity index (χ3v) is 5.05. The summed E-state index contributed by atoms with van der Waals surface area (Å²) in [4.78, 5) is 12.1. The Balaban J connectivity index is 1.77. The molecule has 0 radical (unpaired) electrons. The van der Waals surface area contributed by atoms with Gasteiger partial charge in [-0.1, -0.05) is 0 Å². The third kappa shape index (κ3) is 4.19. The molecule has 3 aromatic rings. The first-order valence-corrected chi connectivity index (χ1v) is 9.21. The first-order chi connectivity index (χ1) is 12.9. The Morgan fingerprint density at radius 2 is 1.89 bits per heavy atom. The number of hydrogen-bond acceptors (Lipinski definition) is 3. The number of amides is 1. The van der Waals surface area contributed by atoms with Crippen LogP contribution in [0.1, 0.15) is 27.3 Å². The van der Waals surface area contributed by atoms with Crippen molar-refractivity contribution in [3.63, 3.8) is 0 Å². The summed E-state index contributed by atoms with van der Waals surface area (Å²) in [6, 6.07) is 12.9. The number of carbonyl (C=O) groups excluding carboxylic acids is 1. The van der Waals surface area contributed by atoms with Crippen molar-refractivity contribution in [3.8, 4) is 11.4 Å². The SMILES string of the molecule is Cc1cc(/C=N\NC(=O)c2ccc(I)c(O)c2)c(C)n1-c1ccc(F)cc1. The number of nitrogens with zero attached hydrogens (tertiary/aromatic N) is 2. The number of hydrogen-bond donors (Lipinski definition) is 2. The Kier molecular flexibility index (Phi) is 5.59. The van der Waals surface area contributed by atoms with Gasteiger partial charge < -0.3 is 9.67 Å². The van der Waals surface area contributed by atoms with Gasteiger partial charge in [0, 0.05) is 28.2 Å². The van der Waals surface area contributed by atoms with Crippen LogP contribution < -0.4 is 5.43 Å². The van der Waals surface area contributed by atoms with E-state index < -0.39 is 5.91 Å². The lowest BCUT2D eigenvalue weighted by atomic mass is 10.2. The molecule has 0 aliphatic rings. The van der Waals surface area contributed by atoms with Crippen molar-refractivity contribution in [2.45, 2.75) is 13.8 Å². The monoisotopic (exact) mass is 477 g/mol. The first-order valence-electron chi connectivity index (χ1n) is 8.13. The minimum atomic E-state index is -0.412. The number of aromatic hydroxyl groups is 1. The van der Waals surface area contributed by atoms with Crippen molar-refractivity contribution in [1.29, 1.82) is 0 Å². The van der Waals surface area contributed by atoms with Gasteiger partial charge >= 0.3 is 0 Å². The highest BCUT2D eigenvalue weighted by Crippen LogP contribution is 2.21. The minimum absolute atomic E-state index is 0.0510. The summed E-state index contributed by atoms with van der Waals surface area (Å²) in [5.74, 6) is -0.646. The molecule has 0 aliphatic carbocycles. The highest BCUT2D eigenvalue weighted by molar-refractivity contribution is 14.1. The standard InChI is InChI=1S/C20H17FIN3O2/c1-12-9-15(13(2)25(12)17-6-4-16(21)5-7-17)11-23-24-20(27)14-3-8-18(22)19(26)10-14/h3-11,26H,1-2H3,(H,24,27)/b23-11-. The summed E-state index contributed by atoms with van der Waals surface area (Å²) in [5, 5.41) is 13.7. The van der Waals surface area contributed by atoms with Crippen LogP contribution in [0, 0.1) is 23.2 Å². The van der Waals surface area contributed by atoms with Crippen molar-refractivity contribution in [2.75, 3.05) is 0 Å². The van der Waals surface area contributed by atoms with Crippen molar-refractivity contribution < 1.29 is 14.3 Å². The molecule has 2 aromatic carbocycles. The second-order valence-electron chi connectivity index (χ2n) is 6.00. The maximum Gasteiger partial charge on any atom is 0.271 e. The maximum absolute atomic E-state index is 13.2. The summed E-state index contributed by atoms with van der Waals surface area (Å²) in [7, 11) is 0. The van der Waals surface area contributed by atoms with E-state index in [-0.39, 0.29) is 11.6 Å². The maximum atomic E-state index is 13.2. The molecule has 1 aromatic heterocycles. The molecule has 0 bridgehead atoms. The Hall–Kier alpha value is -2.68. The largest absolute Gasteiger partial charge is 0.507 e. The van der Waals surface area contributed by atoms with Crippen molar-refractivity contribution >= 4 is 34.7 Å². The predicted molar refractivity (Wildman–Crippen MR) is 111 cm³/mol. The fraction of sp³-hybridized carbons (Fsp3) is 0.100. The molecular formula is C20H17FIN3O2. The van der Waals surface area contributed by atoms with Crippen LogP contribution in [-0.2, 0) is 0 Å². The molecular weight excluding hydrogens is 460 g/mol. The van der Waals surface area contributed by atoms with E-state index in [1.54, 1.807) is 30.5 Å². The van der Waals surface area contributed by atoms with Gasteiger partial charge in [0.15, 0.2) is 0 Å². The number of nitrogens with one attached hydrogen (secondary N) is 1. The zero-order valence-corrected chi connectivity index (χ0v) is 16.9. The van der Waals surface area contributed by atoms with Gasteiger partial charge in [0.25, 0.3) is 5.91 Å². The average Bonchev–Trinajstić information content (AvgIpc) is 2.92. The highest BCUT2D eigenvalue weighted by atomic mass is 127. The molecule has 2 N–H and O–H groups in total. The van der Waals surface area contributed by atoms with E-state index in [1.807, 2.05) is 47.1 Å². The number of hydrazone groups is 1. The number of phenolic OH excluding ortho intramolecular Hbond substituents is 1. The van der Waals surface area contributed by atoms with Gasteiger partial charge in [0.1, 0.15) is 11.6 Å². The van der Waals surface area contributed by atoms with Crippen LogP contribution in [0.5, 0.6) is 5.75 Å². The van der Waals surface area contributed by atoms with Crippen LogP contribution in [0.4, 0.5) is 4.39 Å². The third-order valence-electron chi connectivity index (χ3n) is 4.13. The van der Waals surface area contributed by atoms with E-state index in [1.165, 1.54) is 18.2 Å². The molecule has 1 amide bonds. The Morgan fingerprint density at radius 1 is 1.19 bits per heavy atom. The molecule has 1 heterocycles. The fourth-order valence-corrected chi connectivity index (χ4v) is 3.12. The second-order valence-corrected chi connectivity index (χ2v) is 7.17. The number of rotatable bonds is 4. The van der Waals surface area contributed by atoms with Crippen molar-refractivity contribution in [3.05, 3.63) is 80.4 Å². The van der Waals surface area contributed by atoms with Gasteiger partial charge in [-0.05, 0) is 85.0 Å². The van der Waals surface area contributed by atoms with E-state index in [9.17, 15) is 14.3 Å². The van der Waals surface area contributed by atoms with Crippen LogP contribution in [0.15, 0.2) is 53.6 Å². The number of carbonyl (C=O) groups is 1. The fourth-order valence-electron chi connectivity index (χ4n) is 2.78. The molecule has 0 saturated carbocycles. The predicted octanol–water partition coefficient (Wildman–Crippen LogP) is 4.31. The number of benzene rings is 2. The quantitative estimate of drug-likeness (QED) is 0.334. The summed E-state index contributed by atoms with van der Waals surface area (Å²) < 4.78 is 15.8.